The Morgan fingerprint density at radius 2 is 2.03 bits per heavy atom. The highest BCUT2D eigenvalue weighted by Crippen LogP contribution is 2.43. The standard InChI is InChI=1S/C19H15Cl2F3N4O3/c20-10-4-3-9(5-11(10)21)12-6-28-16(18(31)25-12)14(8-1-2-8)15(27-28)17(30)26-13(7-29)19(22,23)24/h3-6,8,13,29H,1-2,7H2,(H,25,31)(H,26,30). The Morgan fingerprint density at radius 3 is 2.61 bits per heavy atom. The van der Waals surface area contributed by atoms with E-state index in [9.17, 15) is 22.8 Å². The second kappa shape index (κ2) is 7.85. The molecule has 0 bridgehead atoms. The van der Waals surface area contributed by atoms with Crippen LogP contribution in [0.3, 0.4) is 0 Å². The Morgan fingerprint density at radius 1 is 1.32 bits per heavy atom. The van der Waals surface area contributed by atoms with Crippen LogP contribution in [0.25, 0.3) is 16.8 Å². The van der Waals surface area contributed by atoms with E-state index in [2.05, 4.69) is 10.1 Å². The SMILES string of the molecule is O=C(NC(CO)C(F)(F)F)c1nn2cc(-c3ccc(Cl)c(Cl)c3)[nH]c(=O)c2c1C1CC1. The van der Waals surface area contributed by atoms with E-state index in [-0.39, 0.29) is 22.2 Å². The van der Waals surface area contributed by atoms with Gasteiger partial charge in [-0.3, -0.25) is 9.59 Å². The summed E-state index contributed by atoms with van der Waals surface area (Å²) in [5, 5.41) is 15.5. The van der Waals surface area contributed by atoms with Gasteiger partial charge < -0.3 is 15.4 Å². The van der Waals surface area contributed by atoms with Crippen molar-refractivity contribution in [2.24, 2.45) is 0 Å². The minimum atomic E-state index is -4.83. The summed E-state index contributed by atoms with van der Waals surface area (Å²) in [5.74, 6) is -1.27. The third-order valence-corrected chi connectivity index (χ3v) is 5.72. The number of amides is 1. The van der Waals surface area contributed by atoms with E-state index in [1.54, 1.807) is 17.4 Å². The highest BCUT2D eigenvalue weighted by atomic mass is 35.5. The van der Waals surface area contributed by atoms with Crippen molar-refractivity contribution >= 4 is 34.6 Å². The molecule has 1 atom stereocenters. The van der Waals surface area contributed by atoms with Crippen LogP contribution in [0.4, 0.5) is 13.2 Å². The first-order chi connectivity index (χ1) is 14.6. The molecule has 2 aromatic heterocycles. The van der Waals surface area contributed by atoms with Gasteiger partial charge in [-0.2, -0.15) is 18.3 Å². The van der Waals surface area contributed by atoms with Crippen molar-refractivity contribution in [1.29, 1.82) is 0 Å². The van der Waals surface area contributed by atoms with Crippen molar-refractivity contribution in [2.75, 3.05) is 6.61 Å². The molecule has 31 heavy (non-hydrogen) atoms. The zero-order valence-electron chi connectivity index (χ0n) is 15.6. The van der Waals surface area contributed by atoms with E-state index in [4.69, 9.17) is 28.3 Å². The number of aromatic nitrogens is 3. The molecule has 3 aromatic rings. The van der Waals surface area contributed by atoms with E-state index in [0.29, 0.717) is 34.7 Å². The number of rotatable bonds is 5. The summed E-state index contributed by atoms with van der Waals surface area (Å²) < 4.78 is 40.1. The second-order valence-corrected chi connectivity index (χ2v) is 8.02. The number of alkyl halides is 3. The number of halogens is 5. The van der Waals surface area contributed by atoms with Crippen molar-refractivity contribution in [1.82, 2.24) is 19.9 Å². The van der Waals surface area contributed by atoms with Crippen LogP contribution < -0.4 is 10.9 Å². The van der Waals surface area contributed by atoms with Gasteiger partial charge >= 0.3 is 6.18 Å². The summed E-state index contributed by atoms with van der Waals surface area (Å²) in [5.41, 5.74) is 0.410. The van der Waals surface area contributed by atoms with Gasteiger partial charge in [0.2, 0.25) is 0 Å². The second-order valence-electron chi connectivity index (χ2n) is 7.21. The molecule has 1 saturated carbocycles. The molecule has 4 rings (SSSR count). The lowest BCUT2D eigenvalue weighted by molar-refractivity contribution is -0.161. The van der Waals surface area contributed by atoms with Gasteiger partial charge in [-0.15, -0.1) is 0 Å². The van der Waals surface area contributed by atoms with Crippen molar-refractivity contribution in [2.45, 2.75) is 31.0 Å². The Kier molecular flexibility index (Phi) is 5.48. The summed E-state index contributed by atoms with van der Waals surface area (Å²) in [4.78, 5) is 28.1. The predicted molar refractivity (Wildman–Crippen MR) is 108 cm³/mol. The van der Waals surface area contributed by atoms with Gasteiger partial charge in [0.1, 0.15) is 11.6 Å². The van der Waals surface area contributed by atoms with Crippen molar-refractivity contribution in [3.05, 3.63) is 56.1 Å². The van der Waals surface area contributed by atoms with Crippen LogP contribution in [0.2, 0.25) is 10.0 Å². The molecule has 1 amide bonds. The van der Waals surface area contributed by atoms with Gasteiger partial charge in [-0.05, 0) is 30.9 Å². The van der Waals surface area contributed by atoms with E-state index >= 15 is 0 Å². The maximum absolute atomic E-state index is 13.0. The maximum atomic E-state index is 13.0. The van der Waals surface area contributed by atoms with Gasteiger partial charge in [-0.25, -0.2) is 4.52 Å². The number of nitrogens with one attached hydrogen (secondary N) is 2. The minimum absolute atomic E-state index is 0.0871. The molecule has 7 nitrogen and oxygen atoms in total. The van der Waals surface area contributed by atoms with Crippen LogP contribution in [-0.2, 0) is 0 Å². The zero-order chi connectivity index (χ0) is 22.5. The lowest BCUT2D eigenvalue weighted by Gasteiger charge is -2.18. The number of benzene rings is 1. The fourth-order valence-electron chi connectivity index (χ4n) is 3.30. The first-order valence-electron chi connectivity index (χ1n) is 9.19. The number of aliphatic hydroxyl groups is 1. The number of hydrogen-bond acceptors (Lipinski definition) is 4. The number of aliphatic hydroxyl groups excluding tert-OH is 1. The monoisotopic (exact) mass is 474 g/mol. The molecule has 1 unspecified atom stereocenters. The molecule has 3 N–H and O–H groups in total. The Bertz CT molecular complexity index is 1230. The van der Waals surface area contributed by atoms with E-state index < -0.39 is 30.3 Å². The molecule has 0 radical (unpaired) electrons. The van der Waals surface area contributed by atoms with Crippen LogP contribution in [0, 0.1) is 0 Å². The van der Waals surface area contributed by atoms with Crippen LogP contribution in [0.15, 0.2) is 29.2 Å². The molecule has 12 heteroatoms. The van der Waals surface area contributed by atoms with Crippen molar-refractivity contribution < 1.29 is 23.1 Å². The highest BCUT2D eigenvalue weighted by molar-refractivity contribution is 6.42. The molecule has 164 valence electrons. The summed E-state index contributed by atoms with van der Waals surface area (Å²) in [7, 11) is 0. The number of aromatic amines is 1. The van der Waals surface area contributed by atoms with Crippen LogP contribution in [-0.4, -0.2) is 44.4 Å². The molecule has 2 heterocycles. The number of hydrogen-bond donors (Lipinski definition) is 3. The van der Waals surface area contributed by atoms with Crippen molar-refractivity contribution in [3.63, 3.8) is 0 Å². The number of carbonyl (C=O) groups is 1. The Labute approximate surface area is 182 Å². The maximum Gasteiger partial charge on any atom is 0.410 e. The number of fused-ring (bicyclic) bond motifs is 1. The Hall–Kier alpha value is -2.56. The summed E-state index contributed by atoms with van der Waals surface area (Å²) in [6, 6.07) is 2.27. The average Bonchev–Trinajstić information content (AvgIpc) is 3.46. The molecular formula is C19H15Cl2F3N4O3. The topological polar surface area (TPSA) is 99.5 Å². The normalized spacial score (nSPS) is 15.3. The van der Waals surface area contributed by atoms with E-state index in [0.717, 1.165) is 0 Å². The fourth-order valence-corrected chi connectivity index (χ4v) is 3.60. The number of H-pyrrole nitrogens is 1. The van der Waals surface area contributed by atoms with Gasteiger partial charge in [0, 0.05) is 11.1 Å². The third kappa shape index (κ3) is 4.15. The van der Waals surface area contributed by atoms with Gasteiger partial charge in [-0.1, -0.05) is 29.3 Å². The smallest absolute Gasteiger partial charge is 0.394 e. The van der Waals surface area contributed by atoms with Gasteiger partial charge in [0.15, 0.2) is 5.69 Å². The molecule has 0 aliphatic heterocycles. The first kappa shape index (κ1) is 21.7. The molecule has 1 aromatic carbocycles. The highest BCUT2D eigenvalue weighted by Gasteiger charge is 2.42. The van der Waals surface area contributed by atoms with Crippen LogP contribution in [0.1, 0.15) is 34.8 Å². The Balaban J connectivity index is 1.81. The summed E-state index contributed by atoms with van der Waals surface area (Å²) >= 11 is 11.9. The van der Waals surface area contributed by atoms with Crippen LogP contribution in [0.5, 0.6) is 0 Å². The predicted octanol–water partition coefficient (Wildman–Crippen LogP) is 3.53. The molecule has 0 spiro atoms. The molecule has 1 aliphatic carbocycles. The lowest BCUT2D eigenvalue weighted by Crippen LogP contribution is -2.48. The largest absolute Gasteiger partial charge is 0.410 e. The summed E-state index contributed by atoms with van der Waals surface area (Å²) in [6.07, 6.45) is -2.02. The van der Waals surface area contributed by atoms with Gasteiger partial charge in [0.05, 0.1) is 28.5 Å². The number of nitrogens with zero attached hydrogens (tertiary/aromatic N) is 2. The van der Waals surface area contributed by atoms with Crippen LogP contribution >= 0.6 is 23.2 Å². The lowest BCUT2D eigenvalue weighted by atomic mass is 10.1. The van der Waals surface area contributed by atoms with Crippen molar-refractivity contribution in [3.8, 4) is 11.3 Å². The summed E-state index contributed by atoms with van der Waals surface area (Å²) in [6.45, 7) is -1.32. The average molecular weight is 475 g/mol. The fraction of sp³-hybridized carbons (Fsp3) is 0.316. The van der Waals surface area contributed by atoms with E-state index in [1.165, 1.54) is 16.8 Å². The third-order valence-electron chi connectivity index (χ3n) is 4.98. The molecular weight excluding hydrogens is 460 g/mol. The quantitative estimate of drug-likeness (QED) is 0.526. The van der Waals surface area contributed by atoms with E-state index in [1.807, 2.05) is 0 Å². The minimum Gasteiger partial charge on any atom is -0.394 e. The molecule has 0 saturated heterocycles. The molecule has 1 aliphatic rings. The molecule has 1 fully saturated rings. The first-order valence-corrected chi connectivity index (χ1v) is 9.95. The zero-order valence-corrected chi connectivity index (χ0v) is 17.1. The van der Waals surface area contributed by atoms with Gasteiger partial charge in [0.25, 0.3) is 11.5 Å². The number of carbonyl (C=O) groups excluding carboxylic acids is 1.